The van der Waals surface area contributed by atoms with Crippen molar-refractivity contribution in [1.82, 2.24) is 4.31 Å². The monoisotopic (exact) mass is 286 g/mol. The second kappa shape index (κ2) is 5.46. The van der Waals surface area contributed by atoms with Crippen molar-refractivity contribution in [3.8, 4) is 0 Å². The van der Waals surface area contributed by atoms with Crippen LogP contribution in [0.25, 0.3) is 0 Å². The maximum absolute atomic E-state index is 13.1. The van der Waals surface area contributed by atoms with Crippen molar-refractivity contribution in [3.05, 3.63) is 24.0 Å². The van der Waals surface area contributed by atoms with Gasteiger partial charge in [-0.25, -0.2) is 12.8 Å². The molecule has 0 amide bonds. The quantitative estimate of drug-likeness (QED) is 0.867. The van der Waals surface area contributed by atoms with E-state index in [1.54, 1.807) is 0 Å². The number of rotatable bonds is 3. The molecule has 1 aliphatic heterocycles. The topological polar surface area (TPSA) is 63.4 Å². The lowest BCUT2D eigenvalue weighted by Gasteiger charge is -2.30. The Balaban J connectivity index is 2.21. The molecule has 2 rings (SSSR count). The molecule has 4 nitrogen and oxygen atoms in total. The van der Waals surface area contributed by atoms with Gasteiger partial charge < -0.3 is 5.73 Å². The number of nitrogens with zero attached hydrogens (tertiary/aromatic N) is 1. The minimum Gasteiger partial charge on any atom is -0.396 e. The van der Waals surface area contributed by atoms with Crippen LogP contribution in [0.5, 0.6) is 0 Å². The number of hydrogen-bond acceptors (Lipinski definition) is 3. The molecule has 2 N–H and O–H groups in total. The van der Waals surface area contributed by atoms with Crippen LogP contribution in [0.4, 0.5) is 10.1 Å². The van der Waals surface area contributed by atoms with Crippen LogP contribution in [0, 0.1) is 11.7 Å². The Labute approximate surface area is 113 Å². The predicted molar refractivity (Wildman–Crippen MR) is 72.6 cm³/mol. The van der Waals surface area contributed by atoms with E-state index < -0.39 is 15.8 Å². The SMILES string of the molecule is CCC1CCN(S(=O)(=O)c2ccc(F)c(N)c2)CC1. The van der Waals surface area contributed by atoms with Gasteiger partial charge in [-0.05, 0) is 37.0 Å². The minimum atomic E-state index is -3.55. The highest BCUT2D eigenvalue weighted by Gasteiger charge is 2.29. The summed E-state index contributed by atoms with van der Waals surface area (Å²) in [6.45, 7) is 3.17. The van der Waals surface area contributed by atoms with E-state index in [0.29, 0.717) is 19.0 Å². The highest BCUT2D eigenvalue weighted by atomic mass is 32.2. The second-order valence-electron chi connectivity index (χ2n) is 4.94. The fourth-order valence-corrected chi connectivity index (χ4v) is 3.89. The number of benzene rings is 1. The third-order valence-electron chi connectivity index (χ3n) is 3.76. The molecule has 0 unspecified atom stereocenters. The van der Waals surface area contributed by atoms with Crippen LogP contribution in [0.3, 0.4) is 0 Å². The van der Waals surface area contributed by atoms with Crippen LogP contribution in [-0.4, -0.2) is 25.8 Å². The third kappa shape index (κ3) is 2.90. The van der Waals surface area contributed by atoms with Gasteiger partial charge in [0.2, 0.25) is 10.0 Å². The van der Waals surface area contributed by atoms with E-state index in [0.717, 1.165) is 25.3 Å². The summed E-state index contributed by atoms with van der Waals surface area (Å²) >= 11 is 0. The van der Waals surface area contributed by atoms with E-state index in [2.05, 4.69) is 6.92 Å². The number of nitrogen functional groups attached to an aromatic ring is 1. The third-order valence-corrected chi connectivity index (χ3v) is 5.65. The lowest BCUT2D eigenvalue weighted by Crippen LogP contribution is -2.38. The Morgan fingerprint density at radius 3 is 2.53 bits per heavy atom. The Morgan fingerprint density at radius 2 is 2.00 bits per heavy atom. The van der Waals surface area contributed by atoms with Crippen LogP contribution in [-0.2, 0) is 10.0 Å². The summed E-state index contributed by atoms with van der Waals surface area (Å²) in [5.74, 6) is 0.00776. The molecule has 1 saturated heterocycles. The molecule has 6 heteroatoms. The van der Waals surface area contributed by atoms with Gasteiger partial charge in [0, 0.05) is 13.1 Å². The molecule has 0 aliphatic carbocycles. The summed E-state index contributed by atoms with van der Waals surface area (Å²) in [6, 6.07) is 3.56. The molecular weight excluding hydrogens is 267 g/mol. The highest BCUT2D eigenvalue weighted by Crippen LogP contribution is 2.26. The van der Waals surface area contributed by atoms with E-state index in [1.807, 2.05) is 0 Å². The van der Waals surface area contributed by atoms with Crippen LogP contribution in [0.2, 0.25) is 0 Å². The minimum absolute atomic E-state index is 0.0707. The number of halogens is 1. The first kappa shape index (κ1) is 14.3. The Kier molecular flexibility index (Phi) is 4.10. The Morgan fingerprint density at radius 1 is 1.37 bits per heavy atom. The van der Waals surface area contributed by atoms with E-state index >= 15 is 0 Å². The number of nitrogens with two attached hydrogens (primary N) is 1. The van der Waals surface area contributed by atoms with Gasteiger partial charge in [-0.2, -0.15) is 4.31 Å². The van der Waals surface area contributed by atoms with Crippen molar-refractivity contribution in [2.75, 3.05) is 18.8 Å². The van der Waals surface area contributed by atoms with Crippen molar-refractivity contribution in [2.24, 2.45) is 5.92 Å². The van der Waals surface area contributed by atoms with Crippen LogP contribution in [0.15, 0.2) is 23.1 Å². The predicted octanol–water partition coefficient (Wildman–Crippen LogP) is 2.22. The molecule has 0 radical (unpaired) electrons. The fourth-order valence-electron chi connectivity index (χ4n) is 2.39. The molecule has 1 aromatic carbocycles. The fraction of sp³-hybridized carbons (Fsp3) is 0.538. The number of piperidine rings is 1. The van der Waals surface area contributed by atoms with Crippen LogP contribution < -0.4 is 5.73 Å². The van der Waals surface area contributed by atoms with Crippen LogP contribution in [0.1, 0.15) is 26.2 Å². The summed E-state index contributed by atoms with van der Waals surface area (Å²) in [6.07, 6.45) is 2.84. The van der Waals surface area contributed by atoms with Gasteiger partial charge >= 0.3 is 0 Å². The summed E-state index contributed by atoms with van der Waals surface area (Å²) in [7, 11) is -3.55. The molecule has 1 aromatic rings. The molecule has 0 spiro atoms. The Bertz CT molecular complexity index is 552. The van der Waals surface area contributed by atoms with Gasteiger partial charge in [0.1, 0.15) is 5.82 Å². The molecule has 0 saturated carbocycles. The van der Waals surface area contributed by atoms with Crippen LogP contribution >= 0.6 is 0 Å². The zero-order valence-electron chi connectivity index (χ0n) is 11.0. The first-order valence-corrected chi connectivity index (χ1v) is 7.94. The van der Waals surface area contributed by atoms with Gasteiger partial charge in [0.05, 0.1) is 10.6 Å². The zero-order valence-corrected chi connectivity index (χ0v) is 11.8. The number of anilines is 1. The van der Waals surface area contributed by atoms with E-state index in [-0.39, 0.29) is 10.6 Å². The first-order valence-electron chi connectivity index (χ1n) is 6.50. The second-order valence-corrected chi connectivity index (χ2v) is 6.88. The average molecular weight is 286 g/mol. The van der Waals surface area contributed by atoms with Gasteiger partial charge in [-0.3, -0.25) is 0 Å². The largest absolute Gasteiger partial charge is 0.396 e. The first-order chi connectivity index (χ1) is 8.95. The molecule has 1 fully saturated rings. The van der Waals surface area contributed by atoms with E-state index in [1.165, 1.54) is 16.4 Å². The summed E-state index contributed by atoms with van der Waals surface area (Å²) in [5.41, 5.74) is 5.30. The molecule has 1 heterocycles. The van der Waals surface area contributed by atoms with Gasteiger partial charge in [-0.15, -0.1) is 0 Å². The maximum Gasteiger partial charge on any atom is 0.243 e. The maximum atomic E-state index is 13.1. The summed E-state index contributed by atoms with van der Waals surface area (Å²) in [4.78, 5) is 0.0707. The number of sulfonamides is 1. The van der Waals surface area contributed by atoms with Gasteiger partial charge in [0.25, 0.3) is 0 Å². The summed E-state index contributed by atoms with van der Waals surface area (Å²) < 4.78 is 39.3. The molecule has 106 valence electrons. The van der Waals surface area contributed by atoms with Crippen molar-refractivity contribution < 1.29 is 12.8 Å². The smallest absolute Gasteiger partial charge is 0.243 e. The number of hydrogen-bond donors (Lipinski definition) is 1. The molecule has 0 bridgehead atoms. The van der Waals surface area contributed by atoms with E-state index in [4.69, 9.17) is 5.73 Å². The molecule has 0 atom stereocenters. The molecular formula is C13H19FN2O2S. The lowest BCUT2D eigenvalue weighted by atomic mass is 9.96. The van der Waals surface area contributed by atoms with E-state index in [9.17, 15) is 12.8 Å². The van der Waals surface area contributed by atoms with Crippen molar-refractivity contribution in [3.63, 3.8) is 0 Å². The van der Waals surface area contributed by atoms with Crippen molar-refractivity contribution in [1.29, 1.82) is 0 Å². The van der Waals surface area contributed by atoms with Gasteiger partial charge in [0.15, 0.2) is 0 Å². The van der Waals surface area contributed by atoms with Crippen molar-refractivity contribution >= 4 is 15.7 Å². The standard InChI is InChI=1S/C13H19FN2O2S/c1-2-10-5-7-16(8-6-10)19(17,18)11-3-4-12(14)13(15)9-11/h3-4,9-10H,2,5-8,15H2,1H3. The highest BCUT2D eigenvalue weighted by molar-refractivity contribution is 7.89. The summed E-state index contributed by atoms with van der Waals surface area (Å²) in [5, 5.41) is 0. The normalized spacial score (nSPS) is 18.6. The van der Waals surface area contributed by atoms with Gasteiger partial charge in [-0.1, -0.05) is 13.3 Å². The lowest BCUT2D eigenvalue weighted by molar-refractivity contribution is 0.269. The average Bonchev–Trinajstić information content (AvgIpc) is 2.41. The molecule has 0 aromatic heterocycles. The molecule has 19 heavy (non-hydrogen) atoms. The molecule has 1 aliphatic rings. The van der Waals surface area contributed by atoms with Crippen molar-refractivity contribution in [2.45, 2.75) is 31.1 Å². The Hall–Kier alpha value is -1.14. The zero-order chi connectivity index (χ0) is 14.0.